The minimum atomic E-state index is -0.107. The van der Waals surface area contributed by atoms with E-state index >= 15 is 0 Å². The summed E-state index contributed by atoms with van der Waals surface area (Å²) in [5.41, 5.74) is 1.09. The van der Waals surface area contributed by atoms with Crippen molar-refractivity contribution in [3.8, 4) is 5.75 Å². The molecule has 134 valence electrons. The van der Waals surface area contributed by atoms with Crippen LogP contribution in [0.5, 0.6) is 5.75 Å². The molecule has 2 aromatic rings. The number of ether oxygens (including phenoxy) is 1. The Morgan fingerprint density at radius 3 is 2.72 bits per heavy atom. The third kappa shape index (κ3) is 6.33. The normalized spacial score (nSPS) is 10.3. The summed E-state index contributed by atoms with van der Waals surface area (Å²) in [7, 11) is 1.63. The average molecular weight is 344 g/mol. The largest absolute Gasteiger partial charge is 0.497 e. The Balaban J connectivity index is 1.77. The van der Waals surface area contributed by atoms with Crippen LogP contribution in [-0.4, -0.2) is 36.9 Å². The number of hydrogen-bond donors (Lipinski definition) is 1. The molecular formula is C19H24N2O4. The maximum Gasteiger partial charge on any atom is 0.222 e. The van der Waals surface area contributed by atoms with E-state index in [0.717, 1.165) is 11.3 Å². The second-order valence-electron chi connectivity index (χ2n) is 5.71. The van der Waals surface area contributed by atoms with Crippen LogP contribution in [0.15, 0.2) is 47.1 Å². The van der Waals surface area contributed by atoms with Crippen LogP contribution in [-0.2, 0) is 22.6 Å². The second-order valence-corrected chi connectivity index (χ2v) is 5.71. The summed E-state index contributed by atoms with van der Waals surface area (Å²) in [5, 5.41) is 2.78. The molecule has 1 heterocycles. The molecule has 0 atom stereocenters. The van der Waals surface area contributed by atoms with Crippen molar-refractivity contribution in [1.82, 2.24) is 10.2 Å². The Labute approximate surface area is 147 Å². The molecule has 0 unspecified atom stereocenters. The van der Waals surface area contributed by atoms with E-state index in [-0.39, 0.29) is 18.2 Å². The highest BCUT2D eigenvalue weighted by atomic mass is 16.5. The molecule has 25 heavy (non-hydrogen) atoms. The number of rotatable bonds is 9. The van der Waals surface area contributed by atoms with Gasteiger partial charge in [0.2, 0.25) is 11.8 Å². The summed E-state index contributed by atoms with van der Waals surface area (Å²) in [6.07, 6.45) is 2.54. The Morgan fingerprint density at radius 1 is 1.20 bits per heavy atom. The molecule has 0 aliphatic heterocycles. The second kappa shape index (κ2) is 9.52. The minimum Gasteiger partial charge on any atom is -0.497 e. The Kier molecular flexibility index (Phi) is 7.07. The molecule has 2 rings (SSSR count). The number of amides is 2. The van der Waals surface area contributed by atoms with Crippen LogP contribution in [0.2, 0.25) is 0 Å². The first-order valence-corrected chi connectivity index (χ1v) is 8.26. The number of carbonyl (C=O) groups excluding carboxylic acids is 2. The highest BCUT2D eigenvalue weighted by Crippen LogP contribution is 2.13. The van der Waals surface area contributed by atoms with E-state index in [1.54, 1.807) is 30.4 Å². The van der Waals surface area contributed by atoms with Gasteiger partial charge in [0, 0.05) is 26.4 Å². The number of furan rings is 1. The molecule has 0 aliphatic rings. The van der Waals surface area contributed by atoms with E-state index in [4.69, 9.17) is 9.15 Å². The van der Waals surface area contributed by atoms with E-state index in [1.807, 2.05) is 24.3 Å². The number of benzene rings is 1. The van der Waals surface area contributed by atoms with Gasteiger partial charge in [-0.3, -0.25) is 9.59 Å². The predicted molar refractivity (Wildman–Crippen MR) is 94.1 cm³/mol. The number of carbonyl (C=O) groups is 2. The monoisotopic (exact) mass is 344 g/mol. The van der Waals surface area contributed by atoms with Gasteiger partial charge in [0.1, 0.15) is 11.5 Å². The zero-order valence-corrected chi connectivity index (χ0v) is 14.7. The SMILES string of the molecule is COc1cccc(CCN(CCC(=O)NCc2ccco2)C(C)=O)c1. The van der Waals surface area contributed by atoms with Crippen LogP contribution < -0.4 is 10.1 Å². The molecule has 0 radical (unpaired) electrons. The Bertz CT molecular complexity index is 682. The smallest absolute Gasteiger partial charge is 0.222 e. The maximum absolute atomic E-state index is 11.9. The van der Waals surface area contributed by atoms with E-state index < -0.39 is 0 Å². The summed E-state index contributed by atoms with van der Waals surface area (Å²) in [5.74, 6) is 1.35. The van der Waals surface area contributed by atoms with E-state index in [9.17, 15) is 9.59 Å². The van der Waals surface area contributed by atoms with Gasteiger partial charge in [-0.25, -0.2) is 0 Å². The molecule has 0 spiro atoms. The van der Waals surface area contributed by atoms with Crippen LogP contribution in [0, 0.1) is 0 Å². The van der Waals surface area contributed by atoms with Crippen LogP contribution >= 0.6 is 0 Å². The lowest BCUT2D eigenvalue weighted by Crippen LogP contribution is -2.35. The number of methoxy groups -OCH3 is 1. The van der Waals surface area contributed by atoms with Crippen molar-refractivity contribution in [3.05, 3.63) is 54.0 Å². The van der Waals surface area contributed by atoms with Crippen molar-refractivity contribution in [3.63, 3.8) is 0 Å². The molecule has 1 N–H and O–H groups in total. The van der Waals surface area contributed by atoms with Gasteiger partial charge in [-0.2, -0.15) is 0 Å². The van der Waals surface area contributed by atoms with Gasteiger partial charge in [0.25, 0.3) is 0 Å². The average Bonchev–Trinajstić information content (AvgIpc) is 3.13. The zero-order chi connectivity index (χ0) is 18.1. The first-order chi connectivity index (χ1) is 12.1. The van der Waals surface area contributed by atoms with Crippen LogP contribution in [0.3, 0.4) is 0 Å². The maximum atomic E-state index is 11.9. The standard InChI is InChI=1S/C19H24N2O4/c1-15(22)21(10-8-16-5-3-6-17(13-16)24-2)11-9-19(23)20-14-18-7-4-12-25-18/h3-7,12-13H,8-11,14H2,1-2H3,(H,20,23). The van der Waals surface area contributed by atoms with Crippen molar-refractivity contribution in [2.24, 2.45) is 0 Å². The van der Waals surface area contributed by atoms with Crippen LogP contribution in [0.1, 0.15) is 24.7 Å². The Hall–Kier alpha value is -2.76. The third-order valence-electron chi connectivity index (χ3n) is 3.90. The molecule has 6 nitrogen and oxygen atoms in total. The van der Waals surface area contributed by atoms with Crippen molar-refractivity contribution in [2.45, 2.75) is 26.3 Å². The van der Waals surface area contributed by atoms with Gasteiger partial charge in [-0.05, 0) is 36.2 Å². The lowest BCUT2D eigenvalue weighted by Gasteiger charge is -2.21. The van der Waals surface area contributed by atoms with Crippen molar-refractivity contribution in [1.29, 1.82) is 0 Å². The molecule has 0 saturated heterocycles. The number of nitrogens with zero attached hydrogens (tertiary/aromatic N) is 1. The summed E-state index contributed by atoms with van der Waals surface area (Å²) in [6.45, 7) is 2.83. The Morgan fingerprint density at radius 2 is 2.04 bits per heavy atom. The summed E-state index contributed by atoms with van der Waals surface area (Å²) < 4.78 is 10.4. The first-order valence-electron chi connectivity index (χ1n) is 8.26. The molecule has 2 amide bonds. The van der Waals surface area contributed by atoms with E-state index in [1.165, 1.54) is 6.92 Å². The predicted octanol–water partition coefficient (Wildman–Crippen LogP) is 2.39. The van der Waals surface area contributed by atoms with Gasteiger partial charge >= 0.3 is 0 Å². The molecule has 0 fully saturated rings. The summed E-state index contributed by atoms with van der Waals surface area (Å²) >= 11 is 0. The lowest BCUT2D eigenvalue weighted by molar-refractivity contribution is -0.129. The minimum absolute atomic E-state index is 0.0401. The highest BCUT2D eigenvalue weighted by Gasteiger charge is 2.12. The molecule has 0 aliphatic carbocycles. The van der Waals surface area contributed by atoms with Gasteiger partial charge in [0.15, 0.2) is 0 Å². The molecule has 6 heteroatoms. The topological polar surface area (TPSA) is 71.8 Å². The summed E-state index contributed by atoms with van der Waals surface area (Å²) in [6, 6.07) is 11.3. The summed E-state index contributed by atoms with van der Waals surface area (Å²) in [4.78, 5) is 25.4. The quantitative estimate of drug-likeness (QED) is 0.758. The first kappa shape index (κ1) is 18.6. The third-order valence-corrected chi connectivity index (χ3v) is 3.90. The highest BCUT2D eigenvalue weighted by molar-refractivity contribution is 5.77. The number of nitrogens with one attached hydrogen (secondary N) is 1. The molecule has 0 bridgehead atoms. The van der Waals surface area contributed by atoms with Crippen molar-refractivity contribution in [2.75, 3.05) is 20.2 Å². The fraction of sp³-hybridized carbons (Fsp3) is 0.368. The fourth-order valence-corrected chi connectivity index (χ4v) is 2.44. The number of hydrogen-bond acceptors (Lipinski definition) is 4. The van der Waals surface area contributed by atoms with Gasteiger partial charge in [-0.1, -0.05) is 12.1 Å². The molecule has 0 saturated carbocycles. The fourth-order valence-electron chi connectivity index (χ4n) is 2.44. The zero-order valence-electron chi connectivity index (χ0n) is 14.7. The van der Waals surface area contributed by atoms with E-state index in [0.29, 0.717) is 31.8 Å². The lowest BCUT2D eigenvalue weighted by atomic mass is 10.1. The van der Waals surface area contributed by atoms with Gasteiger partial charge < -0.3 is 19.4 Å². The van der Waals surface area contributed by atoms with Gasteiger partial charge in [-0.15, -0.1) is 0 Å². The van der Waals surface area contributed by atoms with Crippen molar-refractivity contribution < 1.29 is 18.7 Å². The molecule has 1 aromatic carbocycles. The van der Waals surface area contributed by atoms with Gasteiger partial charge in [0.05, 0.1) is 19.9 Å². The van der Waals surface area contributed by atoms with Crippen LogP contribution in [0.4, 0.5) is 0 Å². The molecular weight excluding hydrogens is 320 g/mol. The van der Waals surface area contributed by atoms with Crippen molar-refractivity contribution >= 4 is 11.8 Å². The van der Waals surface area contributed by atoms with E-state index in [2.05, 4.69) is 5.32 Å². The van der Waals surface area contributed by atoms with Crippen LogP contribution in [0.25, 0.3) is 0 Å². The molecule has 1 aromatic heterocycles.